The Hall–Kier alpha value is -0.160. The SMILES string of the molecule is CN(C)CCNCCOCC1CCOCC1. The molecule has 16 heavy (non-hydrogen) atoms. The zero-order chi connectivity index (χ0) is 11.6. The molecule has 1 heterocycles. The maximum Gasteiger partial charge on any atom is 0.0591 e. The fraction of sp³-hybridized carbons (Fsp3) is 1.00. The lowest BCUT2D eigenvalue weighted by molar-refractivity contribution is 0.0214. The van der Waals surface area contributed by atoms with Gasteiger partial charge in [0.15, 0.2) is 0 Å². The van der Waals surface area contributed by atoms with Crippen LogP contribution in [0.3, 0.4) is 0 Å². The molecule has 0 aliphatic carbocycles. The third-order valence-corrected chi connectivity index (χ3v) is 2.85. The van der Waals surface area contributed by atoms with Gasteiger partial charge in [0.25, 0.3) is 0 Å². The molecule has 0 spiro atoms. The Morgan fingerprint density at radius 3 is 2.69 bits per heavy atom. The third-order valence-electron chi connectivity index (χ3n) is 2.85. The Bertz CT molecular complexity index is 159. The van der Waals surface area contributed by atoms with E-state index in [-0.39, 0.29) is 0 Å². The minimum Gasteiger partial charge on any atom is -0.381 e. The molecule has 0 atom stereocenters. The van der Waals surface area contributed by atoms with Crippen LogP contribution in [0.4, 0.5) is 0 Å². The van der Waals surface area contributed by atoms with Crippen molar-refractivity contribution in [2.75, 3.05) is 60.2 Å². The van der Waals surface area contributed by atoms with E-state index in [1.807, 2.05) is 0 Å². The molecule has 0 aromatic heterocycles. The van der Waals surface area contributed by atoms with E-state index < -0.39 is 0 Å². The number of ether oxygens (including phenoxy) is 2. The molecule has 0 unspecified atom stereocenters. The maximum absolute atomic E-state index is 5.65. The lowest BCUT2D eigenvalue weighted by atomic mass is 10.0. The van der Waals surface area contributed by atoms with Crippen LogP contribution in [0.1, 0.15) is 12.8 Å². The molecular formula is C12H26N2O2. The highest BCUT2D eigenvalue weighted by molar-refractivity contribution is 4.62. The first-order valence-corrected chi connectivity index (χ1v) is 6.30. The second kappa shape index (κ2) is 8.93. The Labute approximate surface area is 99.3 Å². The fourth-order valence-corrected chi connectivity index (χ4v) is 1.74. The number of hydrogen-bond acceptors (Lipinski definition) is 4. The van der Waals surface area contributed by atoms with Crippen molar-refractivity contribution in [3.8, 4) is 0 Å². The van der Waals surface area contributed by atoms with Crippen LogP contribution in [0.2, 0.25) is 0 Å². The molecule has 1 rings (SSSR count). The molecule has 0 saturated carbocycles. The molecule has 0 bridgehead atoms. The van der Waals surface area contributed by atoms with Crippen LogP contribution in [0, 0.1) is 5.92 Å². The van der Waals surface area contributed by atoms with E-state index in [1.165, 1.54) is 0 Å². The summed E-state index contributed by atoms with van der Waals surface area (Å²) in [5.74, 6) is 0.718. The standard InChI is InChI=1S/C12H26N2O2/c1-14(2)7-5-13-6-10-16-11-12-3-8-15-9-4-12/h12-13H,3-11H2,1-2H3. The second-order valence-electron chi connectivity index (χ2n) is 4.68. The van der Waals surface area contributed by atoms with Gasteiger partial charge in [0.05, 0.1) is 6.61 Å². The minimum atomic E-state index is 0.718. The highest BCUT2D eigenvalue weighted by atomic mass is 16.5. The smallest absolute Gasteiger partial charge is 0.0591 e. The summed E-state index contributed by atoms with van der Waals surface area (Å²) in [6.45, 7) is 6.62. The fourth-order valence-electron chi connectivity index (χ4n) is 1.74. The van der Waals surface area contributed by atoms with Gasteiger partial charge in [-0.2, -0.15) is 0 Å². The second-order valence-corrected chi connectivity index (χ2v) is 4.68. The molecule has 4 heteroatoms. The highest BCUT2D eigenvalue weighted by Gasteiger charge is 2.13. The van der Waals surface area contributed by atoms with Crippen molar-refractivity contribution in [1.29, 1.82) is 0 Å². The van der Waals surface area contributed by atoms with E-state index in [2.05, 4.69) is 24.3 Å². The first-order chi connectivity index (χ1) is 7.79. The summed E-state index contributed by atoms with van der Waals surface area (Å²) in [4.78, 5) is 2.18. The van der Waals surface area contributed by atoms with Crippen LogP contribution in [0.5, 0.6) is 0 Å². The van der Waals surface area contributed by atoms with Crippen LogP contribution in [0.15, 0.2) is 0 Å². The number of likely N-dealkylation sites (N-methyl/N-ethyl adjacent to an activating group) is 1. The van der Waals surface area contributed by atoms with Gasteiger partial charge in [-0.25, -0.2) is 0 Å². The summed E-state index contributed by atoms with van der Waals surface area (Å²) in [6.07, 6.45) is 2.32. The Balaban J connectivity index is 1.80. The Morgan fingerprint density at radius 1 is 1.25 bits per heavy atom. The van der Waals surface area contributed by atoms with Crippen LogP contribution >= 0.6 is 0 Å². The zero-order valence-electron chi connectivity index (χ0n) is 10.7. The van der Waals surface area contributed by atoms with Crippen molar-refractivity contribution in [2.45, 2.75) is 12.8 Å². The summed E-state index contributed by atoms with van der Waals surface area (Å²) in [7, 11) is 4.17. The average molecular weight is 230 g/mol. The molecule has 0 radical (unpaired) electrons. The van der Waals surface area contributed by atoms with Gasteiger partial charge in [-0.15, -0.1) is 0 Å². The van der Waals surface area contributed by atoms with Crippen molar-refractivity contribution >= 4 is 0 Å². The molecule has 1 aliphatic rings. The van der Waals surface area contributed by atoms with Crippen molar-refractivity contribution in [3.05, 3.63) is 0 Å². The molecule has 1 N–H and O–H groups in total. The molecule has 0 aromatic carbocycles. The van der Waals surface area contributed by atoms with E-state index >= 15 is 0 Å². The van der Waals surface area contributed by atoms with Crippen LogP contribution in [-0.4, -0.2) is 65.1 Å². The predicted octanol–water partition coefficient (Wildman–Crippen LogP) is 0.581. The van der Waals surface area contributed by atoms with Gasteiger partial charge < -0.3 is 19.7 Å². The first-order valence-electron chi connectivity index (χ1n) is 6.30. The van der Waals surface area contributed by atoms with Gasteiger partial charge in [0.1, 0.15) is 0 Å². The minimum absolute atomic E-state index is 0.718. The van der Waals surface area contributed by atoms with Gasteiger partial charge in [-0.3, -0.25) is 0 Å². The molecular weight excluding hydrogens is 204 g/mol. The zero-order valence-corrected chi connectivity index (χ0v) is 10.7. The number of nitrogens with one attached hydrogen (secondary N) is 1. The summed E-state index contributed by atoms with van der Waals surface area (Å²) < 4.78 is 11.0. The molecule has 0 aromatic rings. The van der Waals surface area contributed by atoms with Gasteiger partial charge in [0, 0.05) is 39.5 Å². The quantitative estimate of drug-likeness (QED) is 0.619. The largest absolute Gasteiger partial charge is 0.381 e. The third kappa shape index (κ3) is 7.17. The van der Waals surface area contributed by atoms with E-state index in [9.17, 15) is 0 Å². The number of hydrogen-bond donors (Lipinski definition) is 1. The molecule has 1 aliphatic heterocycles. The lowest BCUT2D eigenvalue weighted by Gasteiger charge is -2.21. The Morgan fingerprint density at radius 2 is 2.00 bits per heavy atom. The van der Waals surface area contributed by atoms with E-state index in [1.54, 1.807) is 0 Å². The van der Waals surface area contributed by atoms with Crippen molar-refractivity contribution in [2.24, 2.45) is 5.92 Å². The molecule has 1 fully saturated rings. The van der Waals surface area contributed by atoms with Crippen LogP contribution in [0.25, 0.3) is 0 Å². The number of rotatable bonds is 8. The normalized spacial score (nSPS) is 18.2. The van der Waals surface area contributed by atoms with E-state index in [0.29, 0.717) is 0 Å². The summed E-state index contributed by atoms with van der Waals surface area (Å²) in [5.41, 5.74) is 0. The summed E-state index contributed by atoms with van der Waals surface area (Å²) in [6, 6.07) is 0. The van der Waals surface area contributed by atoms with Crippen molar-refractivity contribution in [1.82, 2.24) is 10.2 Å². The molecule has 96 valence electrons. The molecule has 0 amide bonds. The van der Waals surface area contributed by atoms with Crippen molar-refractivity contribution < 1.29 is 9.47 Å². The monoisotopic (exact) mass is 230 g/mol. The topological polar surface area (TPSA) is 33.7 Å². The van der Waals surface area contributed by atoms with Gasteiger partial charge in [0.2, 0.25) is 0 Å². The predicted molar refractivity (Wildman–Crippen MR) is 65.8 cm³/mol. The van der Waals surface area contributed by atoms with Gasteiger partial charge in [-0.1, -0.05) is 0 Å². The van der Waals surface area contributed by atoms with E-state index in [4.69, 9.17) is 9.47 Å². The average Bonchev–Trinajstić information content (AvgIpc) is 2.29. The van der Waals surface area contributed by atoms with Crippen molar-refractivity contribution in [3.63, 3.8) is 0 Å². The Kier molecular flexibility index (Phi) is 7.76. The van der Waals surface area contributed by atoms with E-state index in [0.717, 1.165) is 64.8 Å². The van der Waals surface area contributed by atoms with Crippen LogP contribution in [-0.2, 0) is 9.47 Å². The summed E-state index contributed by atoms with van der Waals surface area (Å²) in [5, 5.41) is 3.36. The lowest BCUT2D eigenvalue weighted by Crippen LogP contribution is -2.29. The highest BCUT2D eigenvalue weighted by Crippen LogP contribution is 2.14. The number of nitrogens with zero attached hydrogens (tertiary/aromatic N) is 1. The summed E-state index contributed by atoms with van der Waals surface area (Å²) >= 11 is 0. The van der Waals surface area contributed by atoms with Gasteiger partial charge >= 0.3 is 0 Å². The molecule has 1 saturated heterocycles. The van der Waals surface area contributed by atoms with Gasteiger partial charge in [-0.05, 0) is 32.9 Å². The maximum atomic E-state index is 5.65. The van der Waals surface area contributed by atoms with Crippen LogP contribution < -0.4 is 5.32 Å². The first kappa shape index (κ1) is 13.9. The molecule has 4 nitrogen and oxygen atoms in total.